The molecule has 0 aliphatic carbocycles. The number of hydrogen-bond donors (Lipinski definition) is 0. The van der Waals surface area contributed by atoms with Crippen molar-refractivity contribution in [2.24, 2.45) is 0 Å². The molecule has 1 unspecified atom stereocenters. The minimum atomic E-state index is -0.781. The number of carbonyl (C=O) groups is 3. The highest BCUT2D eigenvalue weighted by Crippen LogP contribution is 2.15. The van der Waals surface area contributed by atoms with Crippen molar-refractivity contribution in [3.05, 3.63) is 97.2 Å². The van der Waals surface area contributed by atoms with Crippen LogP contribution in [0.4, 0.5) is 0 Å². The summed E-state index contributed by atoms with van der Waals surface area (Å²) < 4.78 is 16.8. The Bertz CT molecular complexity index is 1410. The van der Waals surface area contributed by atoms with Crippen LogP contribution in [0.1, 0.15) is 278 Å². The van der Waals surface area contributed by atoms with Crippen LogP contribution in [0.25, 0.3) is 0 Å². The minimum absolute atomic E-state index is 0.0805. The second-order valence-corrected chi connectivity index (χ2v) is 19.5. The summed E-state index contributed by atoms with van der Waals surface area (Å²) in [6, 6.07) is 0. The van der Waals surface area contributed by atoms with Crippen molar-refractivity contribution < 1.29 is 28.6 Å². The first-order chi connectivity index (χ1) is 35.0. The Morgan fingerprint density at radius 2 is 0.549 bits per heavy atom. The lowest BCUT2D eigenvalue weighted by molar-refractivity contribution is -0.167. The van der Waals surface area contributed by atoms with Gasteiger partial charge in [0.15, 0.2) is 6.10 Å². The lowest BCUT2D eigenvalue weighted by Gasteiger charge is -2.18. The van der Waals surface area contributed by atoms with Crippen LogP contribution in [0.3, 0.4) is 0 Å². The average molecular weight is 988 g/mol. The van der Waals surface area contributed by atoms with Crippen molar-refractivity contribution in [3.8, 4) is 0 Å². The van der Waals surface area contributed by atoms with Gasteiger partial charge in [-0.3, -0.25) is 14.4 Å². The predicted molar refractivity (Wildman–Crippen MR) is 307 cm³/mol. The molecule has 0 aromatic rings. The molecule has 0 saturated carbocycles. The molecule has 0 saturated heterocycles. The van der Waals surface area contributed by atoms with E-state index in [0.29, 0.717) is 19.3 Å². The maximum Gasteiger partial charge on any atom is 0.306 e. The third kappa shape index (κ3) is 57.1. The Hall–Kier alpha value is -3.67. The van der Waals surface area contributed by atoms with E-state index in [-0.39, 0.29) is 31.1 Å². The Balaban J connectivity index is 4.16. The van der Waals surface area contributed by atoms with Crippen molar-refractivity contribution in [1.29, 1.82) is 0 Å². The van der Waals surface area contributed by atoms with Crippen molar-refractivity contribution in [2.75, 3.05) is 13.2 Å². The van der Waals surface area contributed by atoms with Crippen molar-refractivity contribution in [2.45, 2.75) is 284 Å². The SMILES string of the molecule is CC/C=C\C/C=C\C/C=C\C/C=C\C/C=C\C/C=C\C/C=C\CCCCCCCCCCCC(=O)OCC(COC(=O)CCCCCCCCCC)OC(=O)CCCCCCC/C=C\CCCCCCC. The largest absolute Gasteiger partial charge is 0.462 e. The molecule has 0 aliphatic rings. The Labute approximate surface area is 438 Å². The van der Waals surface area contributed by atoms with Gasteiger partial charge in [-0.25, -0.2) is 0 Å². The fraction of sp³-hybridized carbons (Fsp3) is 0.708. The molecule has 71 heavy (non-hydrogen) atoms. The summed E-state index contributed by atoms with van der Waals surface area (Å²) in [5, 5.41) is 0. The number of unbranched alkanes of at least 4 members (excludes halogenated alkanes) is 26. The van der Waals surface area contributed by atoms with Gasteiger partial charge in [0.1, 0.15) is 13.2 Å². The molecule has 1 atom stereocenters. The first kappa shape index (κ1) is 67.3. The van der Waals surface area contributed by atoms with Crippen LogP contribution >= 0.6 is 0 Å². The van der Waals surface area contributed by atoms with E-state index >= 15 is 0 Å². The van der Waals surface area contributed by atoms with E-state index in [0.717, 1.165) is 122 Å². The summed E-state index contributed by atoms with van der Waals surface area (Å²) in [5.74, 6) is -0.896. The summed E-state index contributed by atoms with van der Waals surface area (Å²) in [4.78, 5) is 38.0. The average Bonchev–Trinajstić information content (AvgIpc) is 3.37. The molecule has 0 spiro atoms. The second kappa shape index (κ2) is 58.9. The number of rotatable bonds is 53. The number of carbonyl (C=O) groups excluding carboxylic acids is 3. The molecule has 406 valence electrons. The summed E-state index contributed by atoms with van der Waals surface area (Å²) in [5.41, 5.74) is 0. The Morgan fingerprint density at radius 1 is 0.296 bits per heavy atom. The first-order valence-corrected chi connectivity index (χ1v) is 29.7. The number of allylic oxidation sites excluding steroid dienone is 16. The molecule has 0 rings (SSSR count). The van der Waals surface area contributed by atoms with Crippen LogP contribution in [-0.4, -0.2) is 37.2 Å². The second-order valence-electron chi connectivity index (χ2n) is 19.5. The van der Waals surface area contributed by atoms with E-state index in [1.54, 1.807) is 0 Å². The molecular formula is C65H110O6. The lowest BCUT2D eigenvalue weighted by atomic mass is 10.1. The summed E-state index contributed by atoms with van der Waals surface area (Å²) >= 11 is 0. The highest BCUT2D eigenvalue weighted by Gasteiger charge is 2.19. The van der Waals surface area contributed by atoms with Gasteiger partial charge >= 0.3 is 17.9 Å². The molecule has 6 heteroatoms. The first-order valence-electron chi connectivity index (χ1n) is 29.7. The van der Waals surface area contributed by atoms with Crippen LogP contribution in [-0.2, 0) is 28.6 Å². The van der Waals surface area contributed by atoms with E-state index in [1.807, 2.05) is 0 Å². The van der Waals surface area contributed by atoms with Crippen LogP contribution < -0.4 is 0 Å². The molecule has 0 fully saturated rings. The molecule has 0 heterocycles. The highest BCUT2D eigenvalue weighted by atomic mass is 16.6. The van der Waals surface area contributed by atoms with Gasteiger partial charge in [-0.2, -0.15) is 0 Å². The maximum absolute atomic E-state index is 12.8. The molecule has 6 nitrogen and oxygen atoms in total. The molecule has 0 aromatic carbocycles. The van der Waals surface area contributed by atoms with Gasteiger partial charge in [-0.15, -0.1) is 0 Å². The summed E-state index contributed by atoms with van der Waals surface area (Å²) in [6.45, 7) is 6.48. The number of ether oxygens (including phenoxy) is 3. The van der Waals surface area contributed by atoms with Crippen LogP contribution in [0, 0.1) is 0 Å². The van der Waals surface area contributed by atoms with Gasteiger partial charge in [0.25, 0.3) is 0 Å². The smallest absolute Gasteiger partial charge is 0.306 e. The zero-order valence-corrected chi connectivity index (χ0v) is 46.5. The van der Waals surface area contributed by atoms with Gasteiger partial charge in [0.05, 0.1) is 0 Å². The molecule has 0 N–H and O–H groups in total. The minimum Gasteiger partial charge on any atom is -0.462 e. The predicted octanol–water partition coefficient (Wildman–Crippen LogP) is 20.1. The van der Waals surface area contributed by atoms with Gasteiger partial charge in [-0.05, 0) is 103 Å². The molecule has 0 radical (unpaired) electrons. The van der Waals surface area contributed by atoms with E-state index in [1.165, 1.54) is 116 Å². The van der Waals surface area contributed by atoms with E-state index in [4.69, 9.17) is 14.2 Å². The third-order valence-electron chi connectivity index (χ3n) is 12.6. The summed E-state index contributed by atoms with van der Waals surface area (Å²) in [6.07, 6.45) is 78.5. The molecule has 0 aliphatic heterocycles. The quantitative estimate of drug-likeness (QED) is 0.0261. The van der Waals surface area contributed by atoms with Crippen LogP contribution in [0.15, 0.2) is 97.2 Å². The van der Waals surface area contributed by atoms with E-state index in [9.17, 15) is 14.4 Å². The van der Waals surface area contributed by atoms with Crippen LogP contribution in [0.5, 0.6) is 0 Å². The van der Waals surface area contributed by atoms with Crippen molar-refractivity contribution in [1.82, 2.24) is 0 Å². The monoisotopic (exact) mass is 987 g/mol. The zero-order valence-electron chi connectivity index (χ0n) is 46.5. The van der Waals surface area contributed by atoms with Crippen LogP contribution in [0.2, 0.25) is 0 Å². The zero-order chi connectivity index (χ0) is 51.4. The Morgan fingerprint density at radius 3 is 0.873 bits per heavy atom. The standard InChI is InChI=1S/C65H110O6/c1-4-7-10-13-16-19-21-23-25-26-27-28-29-30-31-32-33-34-35-36-37-38-39-40-41-43-44-46-49-52-55-58-64(67)70-61-62(60-69-63(66)57-54-51-48-18-15-12-9-6-3)71-65(68)59-56-53-50-47-45-42-24-22-20-17-14-11-8-5-2/h7,10,16,19,22-25,27-28,30-31,33-34,36-37,62H,4-6,8-9,11-15,17-18,20-21,26,29,32,35,38-61H2,1-3H3/b10-7-,19-16-,24-22-,25-23-,28-27-,31-30-,34-33-,37-36-. The lowest BCUT2D eigenvalue weighted by Crippen LogP contribution is -2.30. The Kier molecular flexibility index (Phi) is 55.9. The fourth-order valence-corrected chi connectivity index (χ4v) is 8.12. The fourth-order valence-electron chi connectivity index (χ4n) is 8.12. The van der Waals surface area contributed by atoms with Gasteiger partial charge < -0.3 is 14.2 Å². The normalized spacial score (nSPS) is 12.8. The van der Waals surface area contributed by atoms with Gasteiger partial charge in [0, 0.05) is 19.3 Å². The number of hydrogen-bond acceptors (Lipinski definition) is 6. The molecule has 0 amide bonds. The number of esters is 3. The highest BCUT2D eigenvalue weighted by molar-refractivity contribution is 5.71. The van der Waals surface area contributed by atoms with Crippen molar-refractivity contribution in [3.63, 3.8) is 0 Å². The van der Waals surface area contributed by atoms with E-state index in [2.05, 4.69) is 118 Å². The van der Waals surface area contributed by atoms with Crippen molar-refractivity contribution >= 4 is 17.9 Å². The summed E-state index contributed by atoms with van der Waals surface area (Å²) in [7, 11) is 0. The molecule has 0 bridgehead atoms. The van der Waals surface area contributed by atoms with Gasteiger partial charge in [0.2, 0.25) is 0 Å². The molecular weight excluding hydrogens is 877 g/mol. The van der Waals surface area contributed by atoms with Gasteiger partial charge in [-0.1, -0.05) is 253 Å². The topological polar surface area (TPSA) is 78.9 Å². The van der Waals surface area contributed by atoms with E-state index < -0.39 is 6.10 Å². The molecule has 0 aromatic heterocycles. The maximum atomic E-state index is 12.8. The third-order valence-corrected chi connectivity index (χ3v) is 12.6.